The van der Waals surface area contributed by atoms with Crippen LogP contribution in [-0.2, 0) is 10.8 Å². The average Bonchev–Trinajstić information content (AvgIpc) is 3.68. The summed E-state index contributed by atoms with van der Waals surface area (Å²) in [5.41, 5.74) is 0.299. The molecule has 0 unspecified atom stereocenters. The molecule has 12 aromatic rings. The summed E-state index contributed by atoms with van der Waals surface area (Å²) in [6.45, 7) is 12.6. The highest BCUT2D eigenvalue weighted by molar-refractivity contribution is 6.40. The molecular formula is C56H40N2O4. The van der Waals surface area contributed by atoms with Gasteiger partial charge in [0.25, 0.3) is 22.2 Å². The number of hydrogen-bond donors (Lipinski definition) is 0. The molecule has 0 amide bonds. The monoisotopic (exact) mass is 804 g/mol. The van der Waals surface area contributed by atoms with Crippen molar-refractivity contribution in [3.8, 4) is 11.4 Å². The van der Waals surface area contributed by atoms with Crippen LogP contribution in [0.2, 0.25) is 0 Å². The lowest BCUT2D eigenvalue weighted by atomic mass is 9.79. The second-order valence-corrected chi connectivity index (χ2v) is 19.1. The Kier molecular flexibility index (Phi) is 7.11. The van der Waals surface area contributed by atoms with Crippen LogP contribution in [0.1, 0.15) is 52.7 Å². The van der Waals surface area contributed by atoms with Crippen LogP contribution in [0.4, 0.5) is 0 Å². The predicted octanol–water partition coefficient (Wildman–Crippen LogP) is 12.0. The van der Waals surface area contributed by atoms with Crippen LogP contribution in [-0.4, -0.2) is 9.13 Å². The van der Waals surface area contributed by atoms with E-state index in [1.807, 2.05) is 121 Å². The summed E-state index contributed by atoms with van der Waals surface area (Å²) in [5, 5.41) is 12.5. The third-order valence-corrected chi connectivity index (χ3v) is 13.5. The molecule has 0 N–H and O–H groups in total. The van der Waals surface area contributed by atoms with Crippen LogP contribution >= 0.6 is 0 Å². The zero-order valence-corrected chi connectivity index (χ0v) is 35.2. The summed E-state index contributed by atoms with van der Waals surface area (Å²) >= 11 is 0. The highest BCUT2D eigenvalue weighted by Crippen LogP contribution is 2.46. The molecule has 0 spiro atoms. The van der Waals surface area contributed by atoms with E-state index in [-0.39, 0.29) is 0 Å². The molecule has 10 aromatic carbocycles. The molecular weight excluding hydrogens is 765 g/mol. The number of rotatable bonds is 2. The number of fused-ring (bicyclic) bond motifs is 12. The normalized spacial score (nSPS) is 12.9. The van der Waals surface area contributed by atoms with Crippen molar-refractivity contribution in [2.45, 2.75) is 52.4 Å². The maximum atomic E-state index is 15.5. The molecule has 0 aliphatic heterocycles. The van der Waals surface area contributed by atoms with E-state index >= 15 is 19.2 Å². The maximum absolute atomic E-state index is 15.5. The topological polar surface area (TPSA) is 78.1 Å². The lowest BCUT2D eigenvalue weighted by Gasteiger charge is -2.24. The van der Waals surface area contributed by atoms with Gasteiger partial charge in [-0.15, -0.1) is 0 Å². The van der Waals surface area contributed by atoms with Crippen molar-refractivity contribution in [3.63, 3.8) is 0 Å². The summed E-state index contributed by atoms with van der Waals surface area (Å²) < 4.78 is 2.71. The summed E-state index contributed by atoms with van der Waals surface area (Å²) in [5.74, 6) is 0. The highest BCUT2D eigenvalue weighted by Gasteiger charge is 2.31. The Labute approximate surface area is 354 Å². The quantitative estimate of drug-likeness (QED) is 0.163. The second kappa shape index (κ2) is 12.1. The maximum Gasteiger partial charge on any atom is 0.266 e. The van der Waals surface area contributed by atoms with Crippen molar-refractivity contribution in [3.05, 3.63) is 186 Å². The minimum Gasteiger partial charge on any atom is -0.268 e. The third-order valence-electron chi connectivity index (χ3n) is 13.5. The Morgan fingerprint density at radius 3 is 0.887 bits per heavy atom. The third kappa shape index (κ3) is 4.69. The standard InChI is InChI=1S/C56H40N2O4/c1-55(2,3)31-25-39-45-40(26-31)48-50(54(62)58(52(48)60)44-24-30-16-8-10-18-34(30)36-20-12-14-22-38(36)44)42-28-32(56(4,5)6)27-41(46(42)45)49-47(39)51(59)57(53(49)61)43-23-29-15-7-9-17-33(29)35-19-11-13-21-37(35)43/h7-28H,1-6H3. The summed E-state index contributed by atoms with van der Waals surface area (Å²) in [4.78, 5) is 61.9. The molecule has 6 heteroatoms. The second-order valence-electron chi connectivity index (χ2n) is 19.1. The fourth-order valence-electron chi connectivity index (χ4n) is 10.4. The van der Waals surface area contributed by atoms with E-state index in [2.05, 4.69) is 53.7 Å². The van der Waals surface area contributed by atoms with Crippen LogP contribution in [0.15, 0.2) is 153 Å². The average molecular weight is 805 g/mol. The first-order valence-corrected chi connectivity index (χ1v) is 21.2. The van der Waals surface area contributed by atoms with E-state index in [0.717, 1.165) is 54.2 Å². The molecule has 2 aromatic heterocycles. The molecule has 0 atom stereocenters. The van der Waals surface area contributed by atoms with Crippen LogP contribution in [0, 0.1) is 0 Å². The van der Waals surface area contributed by atoms with E-state index in [9.17, 15) is 0 Å². The molecule has 0 saturated carbocycles. The van der Waals surface area contributed by atoms with E-state index in [1.54, 1.807) is 0 Å². The minimum atomic E-state index is -0.427. The molecule has 0 aliphatic rings. The Morgan fingerprint density at radius 2 is 0.581 bits per heavy atom. The van der Waals surface area contributed by atoms with E-state index in [1.165, 1.54) is 9.13 Å². The van der Waals surface area contributed by atoms with Crippen LogP contribution in [0.5, 0.6) is 0 Å². The van der Waals surface area contributed by atoms with Gasteiger partial charge in [-0.2, -0.15) is 0 Å². The first kappa shape index (κ1) is 36.4. The molecule has 0 saturated heterocycles. The number of benzene rings is 10. The number of aromatic nitrogens is 2. The molecule has 6 nitrogen and oxygen atoms in total. The Balaban J connectivity index is 1.33. The molecule has 0 radical (unpaired) electrons. The van der Waals surface area contributed by atoms with Crippen molar-refractivity contribution in [1.82, 2.24) is 9.13 Å². The highest BCUT2D eigenvalue weighted by atomic mass is 16.2. The SMILES string of the molecule is CC(C)(C)c1cc2c3c(=O)n(-c4cc5ccccc5c5ccccc45)c(=O)c3c3cc(C(C)(C)C)cc4c5c(=O)n(-c6cc7ccccc7c7ccccc67)c(=O)c5c(c1)c2c34. The molecule has 62 heavy (non-hydrogen) atoms. The van der Waals surface area contributed by atoms with Gasteiger partial charge in [0, 0.05) is 10.8 Å². The predicted molar refractivity (Wildman–Crippen MR) is 259 cm³/mol. The van der Waals surface area contributed by atoms with Gasteiger partial charge in [-0.3, -0.25) is 19.2 Å². The van der Waals surface area contributed by atoms with Gasteiger partial charge in [0.1, 0.15) is 0 Å². The Bertz CT molecular complexity index is 3800. The fourth-order valence-corrected chi connectivity index (χ4v) is 10.4. The van der Waals surface area contributed by atoms with E-state index in [4.69, 9.17) is 0 Å². The van der Waals surface area contributed by atoms with Crippen molar-refractivity contribution in [2.75, 3.05) is 0 Å². The van der Waals surface area contributed by atoms with Crippen LogP contribution in [0.3, 0.4) is 0 Å². The largest absolute Gasteiger partial charge is 0.268 e. The van der Waals surface area contributed by atoms with E-state index in [0.29, 0.717) is 65.2 Å². The summed E-state index contributed by atoms with van der Waals surface area (Å²) in [6.07, 6.45) is 0. The van der Waals surface area contributed by atoms with Gasteiger partial charge in [-0.05, 0) is 123 Å². The number of hydrogen-bond acceptors (Lipinski definition) is 4. The number of nitrogens with zero attached hydrogens (tertiary/aromatic N) is 2. The zero-order valence-electron chi connectivity index (χ0n) is 35.2. The Morgan fingerprint density at radius 1 is 0.306 bits per heavy atom. The van der Waals surface area contributed by atoms with Crippen LogP contribution in [0.25, 0.3) is 108 Å². The zero-order chi connectivity index (χ0) is 42.7. The molecule has 0 bridgehead atoms. The lowest BCUT2D eigenvalue weighted by Crippen LogP contribution is -2.24. The van der Waals surface area contributed by atoms with Crippen molar-refractivity contribution < 1.29 is 0 Å². The minimum absolute atomic E-state index is 0.317. The van der Waals surface area contributed by atoms with Gasteiger partial charge in [-0.25, -0.2) is 9.13 Å². The summed E-state index contributed by atoms with van der Waals surface area (Å²) in [6, 6.07) is 43.9. The summed E-state index contributed by atoms with van der Waals surface area (Å²) in [7, 11) is 0. The van der Waals surface area contributed by atoms with Crippen molar-refractivity contribution >= 4 is 97.0 Å². The van der Waals surface area contributed by atoms with Crippen LogP contribution < -0.4 is 22.2 Å². The molecule has 298 valence electrons. The van der Waals surface area contributed by atoms with Crippen molar-refractivity contribution in [2.24, 2.45) is 0 Å². The molecule has 2 heterocycles. The van der Waals surface area contributed by atoms with Crippen molar-refractivity contribution in [1.29, 1.82) is 0 Å². The molecule has 0 aliphatic carbocycles. The van der Waals surface area contributed by atoms with Gasteiger partial charge in [0.15, 0.2) is 0 Å². The van der Waals surface area contributed by atoms with Gasteiger partial charge in [0.05, 0.1) is 32.9 Å². The molecule has 0 fully saturated rings. The van der Waals surface area contributed by atoms with Gasteiger partial charge in [-0.1, -0.05) is 139 Å². The Hall–Kier alpha value is -7.44. The smallest absolute Gasteiger partial charge is 0.266 e. The van der Waals surface area contributed by atoms with Gasteiger partial charge >= 0.3 is 0 Å². The van der Waals surface area contributed by atoms with Gasteiger partial charge < -0.3 is 0 Å². The first-order valence-electron chi connectivity index (χ1n) is 21.2. The van der Waals surface area contributed by atoms with E-state index < -0.39 is 33.1 Å². The van der Waals surface area contributed by atoms with Gasteiger partial charge in [0.2, 0.25) is 0 Å². The molecule has 12 rings (SSSR count). The fraction of sp³-hybridized carbons (Fsp3) is 0.143. The first-order chi connectivity index (χ1) is 29.7. The lowest BCUT2D eigenvalue weighted by molar-refractivity contribution is 0.591.